The van der Waals surface area contributed by atoms with E-state index in [0.717, 1.165) is 6.07 Å². The van der Waals surface area contributed by atoms with Gasteiger partial charge in [0.15, 0.2) is 5.78 Å². The lowest BCUT2D eigenvalue weighted by molar-refractivity contribution is 0.102. The lowest BCUT2D eigenvalue weighted by atomic mass is 10.1. The third-order valence-corrected chi connectivity index (χ3v) is 2.64. The van der Waals surface area contributed by atoms with E-state index in [4.69, 9.17) is 11.6 Å². The molecule has 1 nitrogen and oxygen atoms in total. The molecule has 0 heterocycles. The van der Waals surface area contributed by atoms with Crippen LogP contribution in [-0.2, 0) is 0 Å². The lowest BCUT2D eigenvalue weighted by Crippen LogP contribution is -2.01. The zero-order valence-corrected chi connectivity index (χ0v) is 9.25. The zero-order chi connectivity index (χ0) is 10.0. The highest BCUT2D eigenvalue weighted by Crippen LogP contribution is 2.21. The molecule has 0 aromatic heterocycles. The zero-order valence-electron chi connectivity index (χ0n) is 6.90. The highest BCUT2D eigenvalue weighted by Gasteiger charge is 2.10. The molecule has 0 spiro atoms. The maximum atomic E-state index is 13.0. The largest absolute Gasteiger partial charge is 0.293 e. The molecule has 0 aliphatic carbocycles. The summed E-state index contributed by atoms with van der Waals surface area (Å²) in [5.41, 5.74) is 0.919. The Morgan fingerprint density at radius 3 is 2.69 bits per heavy atom. The van der Waals surface area contributed by atoms with Gasteiger partial charge in [-0.2, -0.15) is 0 Å². The maximum absolute atomic E-state index is 13.0. The SMILES string of the molecule is Cc1cc(C(=O)CBr)cc(F)c1Cl. The summed E-state index contributed by atoms with van der Waals surface area (Å²) in [6.07, 6.45) is 0. The molecule has 4 heteroatoms. The van der Waals surface area contributed by atoms with Crippen LogP contribution >= 0.6 is 27.5 Å². The normalized spacial score (nSPS) is 10.2. The molecule has 70 valence electrons. The van der Waals surface area contributed by atoms with Crippen molar-refractivity contribution in [2.45, 2.75) is 6.92 Å². The van der Waals surface area contributed by atoms with Gasteiger partial charge in [-0.15, -0.1) is 0 Å². The highest BCUT2D eigenvalue weighted by molar-refractivity contribution is 9.09. The molecule has 0 aliphatic heterocycles. The van der Waals surface area contributed by atoms with Gasteiger partial charge in [-0.1, -0.05) is 27.5 Å². The van der Waals surface area contributed by atoms with Gasteiger partial charge in [-0.25, -0.2) is 4.39 Å². The summed E-state index contributed by atoms with van der Waals surface area (Å²) in [6, 6.07) is 2.73. The van der Waals surface area contributed by atoms with E-state index in [1.165, 1.54) is 0 Å². The Kier molecular flexibility index (Phi) is 3.45. The minimum atomic E-state index is -0.550. The van der Waals surface area contributed by atoms with Crippen molar-refractivity contribution in [1.29, 1.82) is 0 Å². The smallest absolute Gasteiger partial charge is 0.173 e. The van der Waals surface area contributed by atoms with Crippen LogP contribution in [0.5, 0.6) is 0 Å². The number of halogens is 3. The van der Waals surface area contributed by atoms with Gasteiger partial charge in [-0.05, 0) is 24.6 Å². The summed E-state index contributed by atoms with van der Waals surface area (Å²) in [5.74, 6) is -0.704. The molecule has 0 atom stereocenters. The number of alkyl halides is 1. The number of hydrogen-bond donors (Lipinski definition) is 0. The van der Waals surface area contributed by atoms with Crippen LogP contribution in [0, 0.1) is 12.7 Å². The average Bonchev–Trinajstić information content (AvgIpc) is 2.12. The third kappa shape index (κ3) is 2.29. The van der Waals surface area contributed by atoms with Gasteiger partial charge in [0, 0.05) is 5.56 Å². The first-order chi connectivity index (χ1) is 6.06. The van der Waals surface area contributed by atoms with Crippen LogP contribution in [0.2, 0.25) is 5.02 Å². The number of Topliss-reactive ketones (excluding diaryl/α,β-unsaturated/α-hetero) is 1. The van der Waals surface area contributed by atoms with Crippen molar-refractivity contribution in [2.24, 2.45) is 0 Å². The molecule has 0 fully saturated rings. The molecular formula is C9H7BrClFO. The van der Waals surface area contributed by atoms with E-state index in [9.17, 15) is 9.18 Å². The first kappa shape index (κ1) is 10.7. The van der Waals surface area contributed by atoms with Gasteiger partial charge in [0.05, 0.1) is 10.4 Å². The fraction of sp³-hybridized carbons (Fsp3) is 0.222. The van der Waals surface area contributed by atoms with Gasteiger partial charge >= 0.3 is 0 Å². The van der Waals surface area contributed by atoms with E-state index >= 15 is 0 Å². The molecule has 13 heavy (non-hydrogen) atoms. The molecule has 0 amide bonds. The van der Waals surface area contributed by atoms with E-state index in [1.807, 2.05) is 0 Å². The minimum absolute atomic E-state index is 0.0751. The average molecular weight is 266 g/mol. The van der Waals surface area contributed by atoms with Crippen molar-refractivity contribution < 1.29 is 9.18 Å². The quantitative estimate of drug-likeness (QED) is 0.592. The molecule has 0 unspecified atom stereocenters. The van der Waals surface area contributed by atoms with Gasteiger partial charge < -0.3 is 0 Å². The summed E-state index contributed by atoms with van der Waals surface area (Å²) in [4.78, 5) is 11.2. The second kappa shape index (κ2) is 4.20. The van der Waals surface area contributed by atoms with E-state index in [0.29, 0.717) is 11.1 Å². The van der Waals surface area contributed by atoms with Crippen LogP contribution in [0.25, 0.3) is 0 Å². The second-order valence-electron chi connectivity index (χ2n) is 2.65. The van der Waals surface area contributed by atoms with Crippen LogP contribution in [-0.4, -0.2) is 11.1 Å². The van der Waals surface area contributed by atoms with Crippen molar-refractivity contribution >= 4 is 33.3 Å². The van der Waals surface area contributed by atoms with Crippen molar-refractivity contribution in [3.63, 3.8) is 0 Å². The standard InChI is InChI=1S/C9H7BrClFO/c1-5-2-6(8(13)4-10)3-7(12)9(5)11/h2-3H,4H2,1H3. The van der Waals surface area contributed by atoms with Crippen LogP contribution in [0.1, 0.15) is 15.9 Å². The van der Waals surface area contributed by atoms with Crippen LogP contribution in [0.15, 0.2) is 12.1 Å². The molecular weight excluding hydrogens is 258 g/mol. The van der Waals surface area contributed by atoms with E-state index in [-0.39, 0.29) is 16.1 Å². The Labute approximate surface area is 89.0 Å². The number of rotatable bonds is 2. The van der Waals surface area contributed by atoms with Crippen molar-refractivity contribution in [2.75, 3.05) is 5.33 Å². The fourth-order valence-corrected chi connectivity index (χ4v) is 1.40. The number of benzene rings is 1. The molecule has 0 aliphatic rings. The lowest BCUT2D eigenvalue weighted by Gasteiger charge is -2.02. The molecule has 1 aromatic carbocycles. The molecule has 0 N–H and O–H groups in total. The Bertz CT molecular complexity index is 328. The Morgan fingerprint density at radius 1 is 1.62 bits per heavy atom. The molecule has 1 rings (SSSR count). The Hall–Kier alpha value is -0.410. The van der Waals surface area contributed by atoms with Gasteiger partial charge in [0.2, 0.25) is 0 Å². The molecule has 0 radical (unpaired) electrons. The number of carbonyl (C=O) groups excluding carboxylic acids is 1. The van der Waals surface area contributed by atoms with Crippen LogP contribution < -0.4 is 0 Å². The Morgan fingerprint density at radius 2 is 2.23 bits per heavy atom. The predicted octanol–water partition coefficient (Wildman–Crippen LogP) is 3.37. The van der Waals surface area contributed by atoms with E-state index in [2.05, 4.69) is 15.9 Å². The van der Waals surface area contributed by atoms with Gasteiger partial charge in [0.25, 0.3) is 0 Å². The van der Waals surface area contributed by atoms with Gasteiger partial charge in [-0.3, -0.25) is 4.79 Å². The molecule has 0 saturated heterocycles. The predicted molar refractivity (Wildman–Crippen MR) is 54.3 cm³/mol. The van der Waals surface area contributed by atoms with Crippen LogP contribution in [0.3, 0.4) is 0 Å². The number of ketones is 1. The molecule has 0 saturated carbocycles. The van der Waals surface area contributed by atoms with Crippen molar-refractivity contribution in [1.82, 2.24) is 0 Å². The monoisotopic (exact) mass is 264 g/mol. The minimum Gasteiger partial charge on any atom is -0.293 e. The number of aryl methyl sites for hydroxylation is 1. The van der Waals surface area contributed by atoms with Crippen molar-refractivity contribution in [3.8, 4) is 0 Å². The number of hydrogen-bond acceptors (Lipinski definition) is 1. The summed E-state index contributed by atoms with van der Waals surface area (Å²) >= 11 is 8.61. The summed E-state index contributed by atoms with van der Waals surface area (Å²) < 4.78 is 13.0. The second-order valence-corrected chi connectivity index (χ2v) is 3.58. The number of carbonyl (C=O) groups is 1. The van der Waals surface area contributed by atoms with Crippen LogP contribution in [0.4, 0.5) is 4.39 Å². The topological polar surface area (TPSA) is 17.1 Å². The summed E-state index contributed by atoms with van der Waals surface area (Å²) in [6.45, 7) is 1.66. The van der Waals surface area contributed by atoms with Gasteiger partial charge in [0.1, 0.15) is 5.82 Å². The summed E-state index contributed by atoms with van der Waals surface area (Å²) in [5, 5.41) is 0.263. The Balaban J connectivity index is 3.20. The summed E-state index contributed by atoms with van der Waals surface area (Å²) in [7, 11) is 0. The highest BCUT2D eigenvalue weighted by atomic mass is 79.9. The maximum Gasteiger partial charge on any atom is 0.173 e. The van der Waals surface area contributed by atoms with Crippen molar-refractivity contribution in [3.05, 3.63) is 34.1 Å². The first-order valence-corrected chi connectivity index (χ1v) is 5.11. The van der Waals surface area contributed by atoms with E-state index < -0.39 is 5.82 Å². The molecule has 0 bridgehead atoms. The van der Waals surface area contributed by atoms with E-state index in [1.54, 1.807) is 13.0 Å². The molecule has 1 aromatic rings. The first-order valence-electron chi connectivity index (χ1n) is 3.61. The fourth-order valence-electron chi connectivity index (χ4n) is 0.965. The third-order valence-electron chi connectivity index (χ3n) is 1.65.